The van der Waals surface area contributed by atoms with E-state index in [9.17, 15) is 4.79 Å². The van der Waals surface area contributed by atoms with Gasteiger partial charge >= 0.3 is 0 Å². The molecule has 2 rings (SSSR count). The second-order valence-corrected chi connectivity index (χ2v) is 6.05. The van der Waals surface area contributed by atoms with E-state index in [0.717, 1.165) is 19.3 Å². The first kappa shape index (κ1) is 19.4. The summed E-state index contributed by atoms with van der Waals surface area (Å²) in [6, 6.07) is 0.126. The summed E-state index contributed by atoms with van der Waals surface area (Å²) in [5.41, 5.74) is 7.06. The molecule has 1 atom stereocenters. The monoisotopic (exact) mass is 358 g/mol. The van der Waals surface area contributed by atoms with Crippen LogP contribution in [-0.4, -0.2) is 38.4 Å². The molecular formula is C17H26N8O. The molecule has 2 aromatic rings. The standard InChI is InChI=1S/C17H26N8O/c1-5-7-11(6-2)25-16-13(15(19)21-9-22-16)14(24-25)17(26)23-12(20-4)8-10(3)18/h8-9,11,18,20H,5-7H2,1-4H3,(H,23,26)(H2,19,21,22)/b12-8+,18-10?. The number of nitrogens with one attached hydrogen (secondary N) is 3. The summed E-state index contributed by atoms with van der Waals surface area (Å²) < 4.78 is 1.77. The highest BCUT2D eigenvalue weighted by Gasteiger charge is 2.24. The van der Waals surface area contributed by atoms with Gasteiger partial charge in [0.15, 0.2) is 11.3 Å². The van der Waals surface area contributed by atoms with E-state index >= 15 is 0 Å². The number of nitrogens with two attached hydrogens (primary N) is 1. The molecule has 0 saturated heterocycles. The lowest BCUT2D eigenvalue weighted by Gasteiger charge is -2.15. The van der Waals surface area contributed by atoms with Gasteiger partial charge in [-0.25, -0.2) is 14.6 Å². The Kier molecular flexibility index (Phi) is 6.26. The van der Waals surface area contributed by atoms with Gasteiger partial charge in [-0.2, -0.15) is 5.10 Å². The van der Waals surface area contributed by atoms with Gasteiger partial charge in [0.05, 0.1) is 11.4 Å². The van der Waals surface area contributed by atoms with Crippen molar-refractivity contribution < 1.29 is 4.79 Å². The minimum Gasteiger partial charge on any atom is -0.383 e. The Bertz CT molecular complexity index is 839. The quantitative estimate of drug-likeness (QED) is 0.533. The summed E-state index contributed by atoms with van der Waals surface area (Å²) in [5.74, 6) is 0.195. The molecular weight excluding hydrogens is 332 g/mol. The predicted octanol–water partition coefficient (Wildman–Crippen LogP) is 1.99. The summed E-state index contributed by atoms with van der Waals surface area (Å²) in [4.78, 5) is 21.1. The van der Waals surface area contributed by atoms with E-state index in [2.05, 4.69) is 39.5 Å². The summed E-state index contributed by atoms with van der Waals surface area (Å²) >= 11 is 0. The van der Waals surface area contributed by atoms with Gasteiger partial charge in [0.25, 0.3) is 5.91 Å². The van der Waals surface area contributed by atoms with Crippen molar-refractivity contribution in [2.75, 3.05) is 12.8 Å². The lowest BCUT2D eigenvalue weighted by molar-refractivity contribution is 0.0959. The van der Waals surface area contributed by atoms with Crippen LogP contribution in [0, 0.1) is 5.41 Å². The first-order chi connectivity index (χ1) is 12.4. The number of carbonyl (C=O) groups excluding carboxylic acids is 1. The Hall–Kier alpha value is -2.97. The highest BCUT2D eigenvalue weighted by Crippen LogP contribution is 2.27. The third kappa shape index (κ3) is 3.98. The highest BCUT2D eigenvalue weighted by atomic mass is 16.2. The van der Waals surface area contributed by atoms with Gasteiger partial charge in [-0.1, -0.05) is 20.3 Å². The number of anilines is 1. The van der Waals surface area contributed by atoms with Crippen LogP contribution >= 0.6 is 0 Å². The normalized spacial score (nSPS) is 12.8. The predicted molar refractivity (Wildman–Crippen MR) is 102 cm³/mol. The molecule has 1 unspecified atom stereocenters. The fraction of sp³-hybridized carbons (Fsp3) is 0.471. The number of hydrogen-bond acceptors (Lipinski definition) is 7. The first-order valence-corrected chi connectivity index (χ1v) is 8.67. The van der Waals surface area contributed by atoms with E-state index in [1.54, 1.807) is 18.7 Å². The third-order valence-corrected chi connectivity index (χ3v) is 4.05. The van der Waals surface area contributed by atoms with E-state index in [1.807, 2.05) is 0 Å². The van der Waals surface area contributed by atoms with Crippen LogP contribution in [0.2, 0.25) is 0 Å². The Labute approximate surface area is 152 Å². The van der Waals surface area contributed by atoms with Gasteiger partial charge in [-0.05, 0) is 25.8 Å². The van der Waals surface area contributed by atoms with E-state index in [1.165, 1.54) is 12.4 Å². The van der Waals surface area contributed by atoms with E-state index in [0.29, 0.717) is 22.6 Å². The van der Waals surface area contributed by atoms with Crippen molar-refractivity contribution in [3.8, 4) is 0 Å². The van der Waals surface area contributed by atoms with Crippen LogP contribution in [0.4, 0.5) is 5.82 Å². The minimum atomic E-state index is -0.427. The molecule has 0 aliphatic rings. The average molecular weight is 358 g/mol. The van der Waals surface area contributed by atoms with Crippen LogP contribution in [-0.2, 0) is 0 Å². The van der Waals surface area contributed by atoms with Crippen molar-refractivity contribution in [1.29, 1.82) is 5.41 Å². The van der Waals surface area contributed by atoms with Gasteiger partial charge in [-0.3, -0.25) is 4.79 Å². The molecule has 9 nitrogen and oxygen atoms in total. The van der Waals surface area contributed by atoms with Crippen molar-refractivity contribution in [2.45, 2.75) is 46.1 Å². The number of rotatable bonds is 8. The number of nitrogen functional groups attached to an aromatic ring is 1. The second-order valence-electron chi connectivity index (χ2n) is 6.05. The molecule has 2 aromatic heterocycles. The fourth-order valence-electron chi connectivity index (χ4n) is 2.81. The average Bonchev–Trinajstić information content (AvgIpc) is 2.99. The van der Waals surface area contributed by atoms with Crippen molar-refractivity contribution in [2.24, 2.45) is 0 Å². The molecule has 1 amide bonds. The Morgan fingerprint density at radius 1 is 1.42 bits per heavy atom. The molecule has 0 spiro atoms. The Morgan fingerprint density at radius 2 is 2.15 bits per heavy atom. The van der Waals surface area contributed by atoms with E-state index < -0.39 is 5.91 Å². The second kappa shape index (κ2) is 8.41. The third-order valence-electron chi connectivity index (χ3n) is 4.05. The number of nitrogens with zero attached hydrogens (tertiary/aromatic N) is 4. The van der Waals surface area contributed by atoms with Gasteiger partial charge in [0.2, 0.25) is 0 Å². The molecule has 0 aromatic carbocycles. The highest BCUT2D eigenvalue weighted by molar-refractivity contribution is 6.08. The van der Waals surface area contributed by atoms with Crippen molar-refractivity contribution in [3.05, 3.63) is 23.9 Å². The summed E-state index contributed by atoms with van der Waals surface area (Å²) in [5, 5.41) is 18.1. The molecule has 0 aliphatic carbocycles. The number of allylic oxidation sites excluding steroid dienone is 1. The largest absolute Gasteiger partial charge is 0.383 e. The molecule has 140 valence electrons. The zero-order valence-corrected chi connectivity index (χ0v) is 15.6. The SMILES string of the molecule is CCCC(CC)n1nc(C(=O)N/C(=C/C(C)=N)NC)c2c(N)ncnc21. The lowest BCUT2D eigenvalue weighted by atomic mass is 10.1. The number of carbonyl (C=O) groups is 1. The maximum absolute atomic E-state index is 12.8. The van der Waals surface area contributed by atoms with Gasteiger partial charge in [0, 0.05) is 12.8 Å². The molecule has 5 N–H and O–H groups in total. The molecule has 0 bridgehead atoms. The number of hydrogen-bond donors (Lipinski definition) is 4. The summed E-state index contributed by atoms with van der Waals surface area (Å²) in [7, 11) is 1.66. The molecule has 0 saturated carbocycles. The number of aromatic nitrogens is 4. The molecule has 26 heavy (non-hydrogen) atoms. The molecule has 0 fully saturated rings. The van der Waals surface area contributed by atoms with Crippen LogP contribution in [0.3, 0.4) is 0 Å². The van der Waals surface area contributed by atoms with Gasteiger partial charge in [-0.15, -0.1) is 0 Å². The summed E-state index contributed by atoms with van der Waals surface area (Å²) in [6.07, 6.45) is 5.68. The van der Waals surface area contributed by atoms with E-state index in [-0.39, 0.29) is 17.6 Å². The molecule has 0 radical (unpaired) electrons. The fourth-order valence-corrected chi connectivity index (χ4v) is 2.81. The first-order valence-electron chi connectivity index (χ1n) is 8.67. The van der Waals surface area contributed by atoms with Crippen molar-refractivity contribution in [3.63, 3.8) is 0 Å². The molecule has 2 heterocycles. The van der Waals surface area contributed by atoms with Crippen LogP contribution in [0.1, 0.15) is 56.6 Å². The van der Waals surface area contributed by atoms with Crippen LogP contribution < -0.4 is 16.4 Å². The maximum atomic E-state index is 12.8. The van der Waals surface area contributed by atoms with Crippen molar-refractivity contribution >= 4 is 28.5 Å². The minimum absolute atomic E-state index is 0.126. The van der Waals surface area contributed by atoms with Crippen LogP contribution in [0.5, 0.6) is 0 Å². The van der Waals surface area contributed by atoms with Crippen LogP contribution in [0.25, 0.3) is 11.0 Å². The molecule has 9 heteroatoms. The zero-order chi connectivity index (χ0) is 19.3. The van der Waals surface area contributed by atoms with Crippen molar-refractivity contribution in [1.82, 2.24) is 30.4 Å². The Balaban J connectivity index is 2.53. The number of fused-ring (bicyclic) bond motifs is 1. The molecule has 0 aliphatic heterocycles. The lowest BCUT2D eigenvalue weighted by Crippen LogP contribution is -2.30. The maximum Gasteiger partial charge on any atom is 0.278 e. The Morgan fingerprint density at radius 3 is 2.73 bits per heavy atom. The zero-order valence-electron chi connectivity index (χ0n) is 15.6. The van der Waals surface area contributed by atoms with Gasteiger partial charge < -0.3 is 21.8 Å². The smallest absolute Gasteiger partial charge is 0.278 e. The van der Waals surface area contributed by atoms with Crippen LogP contribution in [0.15, 0.2) is 18.2 Å². The summed E-state index contributed by atoms with van der Waals surface area (Å²) in [6.45, 7) is 5.80. The van der Waals surface area contributed by atoms with Gasteiger partial charge in [0.1, 0.15) is 18.0 Å². The topological polar surface area (TPSA) is 135 Å². The number of amides is 1. The van der Waals surface area contributed by atoms with E-state index in [4.69, 9.17) is 11.1 Å².